The van der Waals surface area contributed by atoms with E-state index in [0.29, 0.717) is 0 Å². The highest BCUT2D eigenvalue weighted by atomic mass is 15.0. The lowest BCUT2D eigenvalue weighted by atomic mass is 9.65. The lowest BCUT2D eigenvalue weighted by Gasteiger charge is -2.49. The van der Waals surface area contributed by atoms with Gasteiger partial charge >= 0.3 is 0 Å². The Morgan fingerprint density at radius 3 is 1.78 bits per heavy atom. The molecule has 1 saturated carbocycles. The minimum atomic E-state index is 0. The maximum absolute atomic E-state index is 3.30. The molecule has 9 heavy (non-hydrogen) atoms. The first-order chi connectivity index (χ1) is 4.41. The van der Waals surface area contributed by atoms with E-state index >= 15 is 0 Å². The summed E-state index contributed by atoms with van der Waals surface area (Å²) in [7, 11) is 0. The third kappa shape index (κ3) is 1.11. The molecule has 0 bridgehead atoms. The summed E-state index contributed by atoms with van der Waals surface area (Å²) >= 11 is 0. The van der Waals surface area contributed by atoms with E-state index in [9.17, 15) is 0 Å². The van der Waals surface area contributed by atoms with Crippen LogP contribution in [0.2, 0.25) is 0 Å². The van der Waals surface area contributed by atoms with Gasteiger partial charge in [0.05, 0.1) is 0 Å². The highest BCUT2D eigenvalue weighted by molar-refractivity contribution is 4.97. The van der Waals surface area contributed by atoms with Crippen LogP contribution < -0.4 is 5.32 Å². The maximum atomic E-state index is 3.30. The molecular formula is C8H19N. The predicted octanol–water partition coefficient (Wildman–Crippen LogP) is 2.03. The average molecular weight is 129 g/mol. The molecule has 0 aromatic carbocycles. The van der Waals surface area contributed by atoms with E-state index in [1.54, 1.807) is 0 Å². The molecule has 1 aliphatic heterocycles. The van der Waals surface area contributed by atoms with E-state index in [2.05, 4.69) is 5.32 Å². The van der Waals surface area contributed by atoms with E-state index in [-0.39, 0.29) is 1.43 Å². The summed E-state index contributed by atoms with van der Waals surface area (Å²) in [6, 6.07) is 0. The maximum Gasteiger partial charge on any atom is 0.00202 e. The first kappa shape index (κ1) is 7.07. The zero-order valence-electron chi connectivity index (χ0n) is 6.54. The molecule has 1 heteroatoms. The molecule has 1 nitrogen and oxygen atoms in total. The molecule has 0 amide bonds. The van der Waals surface area contributed by atoms with E-state index < -0.39 is 0 Å². The normalized spacial score (nSPS) is 27.3. The van der Waals surface area contributed by atoms with Crippen LogP contribution in [-0.2, 0) is 0 Å². The molecule has 0 unspecified atom stereocenters. The van der Waals surface area contributed by atoms with Gasteiger partial charge in [-0.3, -0.25) is 0 Å². The molecule has 1 spiro atoms. The van der Waals surface area contributed by atoms with Crippen LogP contribution in [0.15, 0.2) is 0 Å². The van der Waals surface area contributed by atoms with Gasteiger partial charge < -0.3 is 5.32 Å². The summed E-state index contributed by atoms with van der Waals surface area (Å²) < 4.78 is 0. The van der Waals surface area contributed by atoms with Gasteiger partial charge in [0, 0.05) is 14.5 Å². The molecule has 56 valence electrons. The zero-order chi connectivity index (χ0) is 6.74. The Bertz CT molecular complexity index is 69.7. The van der Waals surface area contributed by atoms with Crippen molar-refractivity contribution in [1.82, 2.24) is 5.32 Å². The van der Waals surface area contributed by atoms with Crippen LogP contribution in [0.3, 0.4) is 0 Å². The minimum absolute atomic E-state index is 0. The molecule has 0 radical (unpaired) electrons. The van der Waals surface area contributed by atoms with Gasteiger partial charge in [-0.15, -0.1) is 0 Å². The van der Waals surface area contributed by atoms with Crippen molar-refractivity contribution in [2.24, 2.45) is 5.41 Å². The largest absolute Gasteiger partial charge is 0.316 e. The minimum Gasteiger partial charge on any atom is -0.316 e. The molecule has 0 aromatic heterocycles. The molecule has 1 aliphatic carbocycles. The molecule has 1 saturated heterocycles. The molecule has 2 aliphatic rings. The van der Waals surface area contributed by atoms with Crippen LogP contribution in [0.1, 0.15) is 34.5 Å². The van der Waals surface area contributed by atoms with Crippen molar-refractivity contribution in [2.45, 2.75) is 33.1 Å². The first-order valence-electron chi connectivity index (χ1n) is 4.12. The Kier molecular flexibility index (Phi) is 2.12. The van der Waals surface area contributed by atoms with Crippen molar-refractivity contribution >= 4 is 0 Å². The van der Waals surface area contributed by atoms with Crippen LogP contribution in [0.25, 0.3) is 0 Å². The summed E-state index contributed by atoms with van der Waals surface area (Å²) in [6.45, 7) is 6.62. The number of hydrogen-bond donors (Lipinski definition) is 1. The molecule has 2 fully saturated rings. The molecule has 1 heterocycles. The Hall–Kier alpha value is -0.0400. The van der Waals surface area contributed by atoms with Gasteiger partial charge in [0.2, 0.25) is 0 Å². The van der Waals surface area contributed by atoms with Gasteiger partial charge in [0.1, 0.15) is 0 Å². The summed E-state index contributed by atoms with van der Waals surface area (Å²) in [5.41, 5.74) is 0.833. The highest BCUT2D eigenvalue weighted by Gasteiger charge is 2.41. The third-order valence-electron chi connectivity index (χ3n) is 2.41. The van der Waals surface area contributed by atoms with Gasteiger partial charge in [-0.25, -0.2) is 0 Å². The number of hydrogen-bond acceptors (Lipinski definition) is 1. The third-order valence-corrected chi connectivity index (χ3v) is 2.41. The summed E-state index contributed by atoms with van der Waals surface area (Å²) in [5, 5.41) is 3.30. The van der Waals surface area contributed by atoms with Gasteiger partial charge in [0.25, 0.3) is 0 Å². The standard InChI is InChI=1S/C6H11N.C2H6.H2/c1-2-6(3-1)4-7-5-6;1-2;/h7H,1-5H2;1-2H3;1H. The van der Waals surface area contributed by atoms with Crippen LogP contribution in [0.5, 0.6) is 0 Å². The quantitative estimate of drug-likeness (QED) is 0.527. The van der Waals surface area contributed by atoms with E-state index in [1.807, 2.05) is 13.8 Å². The van der Waals surface area contributed by atoms with Crippen molar-refractivity contribution in [3.63, 3.8) is 0 Å². The Balaban J connectivity index is 0.000000251. The Morgan fingerprint density at radius 2 is 1.78 bits per heavy atom. The van der Waals surface area contributed by atoms with Crippen molar-refractivity contribution in [3.05, 3.63) is 0 Å². The molecular weight excluding hydrogens is 110 g/mol. The zero-order valence-corrected chi connectivity index (χ0v) is 6.54. The van der Waals surface area contributed by atoms with Gasteiger partial charge in [-0.2, -0.15) is 0 Å². The van der Waals surface area contributed by atoms with E-state index in [1.165, 1.54) is 32.4 Å². The van der Waals surface area contributed by atoms with Crippen molar-refractivity contribution < 1.29 is 1.43 Å². The van der Waals surface area contributed by atoms with Crippen LogP contribution in [0.4, 0.5) is 0 Å². The van der Waals surface area contributed by atoms with Gasteiger partial charge in [-0.1, -0.05) is 20.3 Å². The molecule has 0 atom stereocenters. The smallest absolute Gasteiger partial charge is 0.00202 e. The van der Waals surface area contributed by atoms with E-state index in [0.717, 1.165) is 5.41 Å². The number of nitrogens with one attached hydrogen (secondary N) is 1. The highest BCUT2D eigenvalue weighted by Crippen LogP contribution is 2.43. The van der Waals surface area contributed by atoms with Crippen LogP contribution in [0, 0.1) is 5.41 Å². The fourth-order valence-electron chi connectivity index (χ4n) is 1.51. The second-order valence-electron chi connectivity index (χ2n) is 2.96. The molecule has 2 rings (SSSR count). The molecule has 0 aromatic rings. The van der Waals surface area contributed by atoms with Crippen molar-refractivity contribution in [1.29, 1.82) is 0 Å². The second kappa shape index (κ2) is 2.70. The topological polar surface area (TPSA) is 12.0 Å². The summed E-state index contributed by atoms with van der Waals surface area (Å²) in [5.74, 6) is 0. The van der Waals surface area contributed by atoms with E-state index in [4.69, 9.17) is 0 Å². The summed E-state index contributed by atoms with van der Waals surface area (Å²) in [6.07, 6.45) is 4.49. The fourth-order valence-corrected chi connectivity index (χ4v) is 1.51. The Morgan fingerprint density at radius 1 is 1.22 bits per heavy atom. The van der Waals surface area contributed by atoms with Crippen molar-refractivity contribution in [3.8, 4) is 0 Å². The number of rotatable bonds is 0. The second-order valence-corrected chi connectivity index (χ2v) is 2.96. The summed E-state index contributed by atoms with van der Waals surface area (Å²) in [4.78, 5) is 0. The lowest BCUT2D eigenvalue weighted by Crippen LogP contribution is -2.57. The fraction of sp³-hybridized carbons (Fsp3) is 1.00. The SMILES string of the molecule is C1CC2(C1)CNC2.CC.[HH]. The van der Waals surface area contributed by atoms with Gasteiger partial charge in [0.15, 0.2) is 0 Å². The average Bonchev–Trinajstić information content (AvgIpc) is 1.63. The predicted molar refractivity (Wildman–Crippen MR) is 42.6 cm³/mol. The lowest BCUT2D eigenvalue weighted by molar-refractivity contribution is 0.0603. The van der Waals surface area contributed by atoms with Gasteiger partial charge in [-0.05, 0) is 18.3 Å². The Labute approximate surface area is 59.3 Å². The monoisotopic (exact) mass is 129 g/mol. The first-order valence-corrected chi connectivity index (χ1v) is 4.12. The van der Waals surface area contributed by atoms with Crippen LogP contribution >= 0.6 is 0 Å². The van der Waals surface area contributed by atoms with Crippen LogP contribution in [-0.4, -0.2) is 13.1 Å². The molecule has 1 N–H and O–H groups in total. The van der Waals surface area contributed by atoms with Crippen molar-refractivity contribution in [2.75, 3.05) is 13.1 Å².